The zero-order valence-electron chi connectivity index (χ0n) is 18.5. The summed E-state index contributed by atoms with van der Waals surface area (Å²) in [5.74, 6) is 0.239. The maximum absolute atomic E-state index is 13.7. The molecule has 1 saturated carbocycles. The summed E-state index contributed by atoms with van der Waals surface area (Å²) < 4.78 is 44.7. The standard InChI is InChI=1S/C23H32F3N3O2/c1-15(2)22(6-4-18(9-22)28-12-21(3)13-31-14-21)20(30)29-7-5-19-16(11-29)8-17(10-27-19)23(24,25)26/h8,10,15,18,28H,4-7,9,11-14H2,1-3H3/t18-,22+/m1/s1. The number of hydrogen-bond acceptors (Lipinski definition) is 4. The Morgan fingerprint density at radius 3 is 2.74 bits per heavy atom. The SMILES string of the molecule is CC(C)[C@]1(C(=O)N2CCc3ncc(C(F)(F)F)cc3C2)CC[C@@H](NCC2(C)COC2)C1. The van der Waals surface area contributed by atoms with Gasteiger partial charge in [-0.05, 0) is 36.8 Å². The summed E-state index contributed by atoms with van der Waals surface area (Å²) in [5, 5.41) is 3.65. The second kappa shape index (κ2) is 8.03. The Kier molecular flexibility index (Phi) is 5.83. The second-order valence-electron chi connectivity index (χ2n) is 10.2. The van der Waals surface area contributed by atoms with Gasteiger partial charge in [-0.1, -0.05) is 20.8 Å². The van der Waals surface area contributed by atoms with Crippen molar-refractivity contribution in [1.29, 1.82) is 0 Å². The molecule has 0 unspecified atom stereocenters. The van der Waals surface area contributed by atoms with Crippen LogP contribution in [0.5, 0.6) is 0 Å². The molecule has 3 heterocycles. The highest BCUT2D eigenvalue weighted by atomic mass is 19.4. The quantitative estimate of drug-likeness (QED) is 0.758. The molecule has 172 valence electrons. The van der Waals surface area contributed by atoms with Gasteiger partial charge in [-0.25, -0.2) is 0 Å². The van der Waals surface area contributed by atoms with E-state index in [1.165, 1.54) is 0 Å². The van der Waals surface area contributed by atoms with E-state index in [1.54, 1.807) is 4.90 Å². The van der Waals surface area contributed by atoms with Crippen LogP contribution in [0.2, 0.25) is 0 Å². The molecule has 0 bridgehead atoms. The summed E-state index contributed by atoms with van der Waals surface area (Å²) in [5.41, 5.74) is 0.128. The van der Waals surface area contributed by atoms with Gasteiger partial charge in [0.05, 0.1) is 24.2 Å². The fraction of sp³-hybridized carbons (Fsp3) is 0.739. The Balaban J connectivity index is 1.47. The fourth-order valence-corrected chi connectivity index (χ4v) is 5.23. The number of hydrogen-bond donors (Lipinski definition) is 1. The zero-order valence-corrected chi connectivity index (χ0v) is 18.5. The number of rotatable bonds is 5. The predicted octanol–water partition coefficient (Wildman–Crippen LogP) is 3.81. The first-order valence-electron chi connectivity index (χ1n) is 11.2. The molecule has 1 aliphatic carbocycles. The fourth-order valence-electron chi connectivity index (χ4n) is 5.23. The van der Waals surface area contributed by atoms with Crippen LogP contribution in [0, 0.1) is 16.7 Å². The van der Waals surface area contributed by atoms with Gasteiger partial charge in [-0.3, -0.25) is 9.78 Å². The molecule has 3 aliphatic rings. The Morgan fingerprint density at radius 2 is 2.13 bits per heavy atom. The zero-order chi connectivity index (χ0) is 22.4. The molecule has 1 aromatic rings. The van der Waals surface area contributed by atoms with Gasteiger partial charge in [0.25, 0.3) is 0 Å². The highest BCUT2D eigenvalue weighted by Gasteiger charge is 2.50. The van der Waals surface area contributed by atoms with Crippen molar-refractivity contribution in [3.63, 3.8) is 0 Å². The van der Waals surface area contributed by atoms with E-state index in [0.717, 1.165) is 51.3 Å². The number of carbonyl (C=O) groups excluding carboxylic acids is 1. The topological polar surface area (TPSA) is 54.5 Å². The molecule has 1 aromatic heterocycles. The molecule has 2 fully saturated rings. The van der Waals surface area contributed by atoms with Crippen molar-refractivity contribution in [1.82, 2.24) is 15.2 Å². The highest BCUT2D eigenvalue weighted by molar-refractivity contribution is 5.83. The van der Waals surface area contributed by atoms with Crippen LogP contribution in [-0.4, -0.2) is 48.1 Å². The molecule has 1 N–H and O–H groups in total. The molecule has 5 nitrogen and oxygen atoms in total. The molecule has 0 aromatic carbocycles. The largest absolute Gasteiger partial charge is 0.417 e. The first-order valence-corrected chi connectivity index (χ1v) is 11.2. The lowest BCUT2D eigenvalue weighted by molar-refractivity contribution is -0.146. The number of nitrogens with one attached hydrogen (secondary N) is 1. The first kappa shape index (κ1) is 22.5. The van der Waals surface area contributed by atoms with Gasteiger partial charge in [0, 0.05) is 49.4 Å². The van der Waals surface area contributed by atoms with Crippen molar-refractivity contribution in [3.8, 4) is 0 Å². The maximum Gasteiger partial charge on any atom is 0.417 e. The summed E-state index contributed by atoms with van der Waals surface area (Å²) >= 11 is 0. The Morgan fingerprint density at radius 1 is 1.39 bits per heavy atom. The third kappa shape index (κ3) is 4.33. The lowest BCUT2D eigenvalue weighted by Crippen LogP contribution is -2.50. The molecule has 1 amide bonds. The average molecular weight is 440 g/mol. The van der Waals surface area contributed by atoms with Crippen molar-refractivity contribution in [2.75, 3.05) is 26.3 Å². The molecular formula is C23H32F3N3O2. The molecule has 2 aliphatic heterocycles. The second-order valence-corrected chi connectivity index (χ2v) is 10.2. The number of aromatic nitrogens is 1. The summed E-state index contributed by atoms with van der Waals surface area (Å²) in [6.07, 6.45) is -0.533. The lowest BCUT2D eigenvalue weighted by atomic mass is 9.74. The van der Waals surface area contributed by atoms with E-state index in [2.05, 4.69) is 31.1 Å². The van der Waals surface area contributed by atoms with Crippen LogP contribution in [0.1, 0.15) is 56.9 Å². The normalized spacial score (nSPS) is 27.8. The number of amides is 1. The van der Waals surface area contributed by atoms with Gasteiger partial charge >= 0.3 is 6.18 Å². The summed E-state index contributed by atoms with van der Waals surface area (Å²) in [7, 11) is 0. The van der Waals surface area contributed by atoms with E-state index < -0.39 is 17.2 Å². The monoisotopic (exact) mass is 439 g/mol. The lowest BCUT2D eigenvalue weighted by Gasteiger charge is -2.40. The number of carbonyl (C=O) groups is 1. The molecule has 1 saturated heterocycles. The number of nitrogens with zero attached hydrogens (tertiary/aromatic N) is 2. The van der Waals surface area contributed by atoms with Crippen molar-refractivity contribution in [3.05, 3.63) is 29.1 Å². The minimum atomic E-state index is -4.43. The van der Waals surface area contributed by atoms with Crippen molar-refractivity contribution in [2.45, 2.75) is 65.2 Å². The third-order valence-electron chi connectivity index (χ3n) is 7.45. The number of fused-ring (bicyclic) bond motifs is 1. The van der Waals surface area contributed by atoms with Crippen molar-refractivity contribution < 1.29 is 22.7 Å². The minimum Gasteiger partial charge on any atom is -0.380 e. The highest BCUT2D eigenvalue weighted by Crippen LogP contribution is 2.46. The van der Waals surface area contributed by atoms with E-state index >= 15 is 0 Å². The van der Waals surface area contributed by atoms with E-state index in [-0.39, 0.29) is 29.8 Å². The number of alkyl halides is 3. The van der Waals surface area contributed by atoms with Gasteiger partial charge in [-0.2, -0.15) is 13.2 Å². The smallest absolute Gasteiger partial charge is 0.380 e. The molecule has 0 radical (unpaired) electrons. The van der Waals surface area contributed by atoms with Crippen LogP contribution in [0.4, 0.5) is 13.2 Å². The Hall–Kier alpha value is -1.67. The molecule has 8 heteroatoms. The van der Waals surface area contributed by atoms with E-state index in [0.29, 0.717) is 24.2 Å². The van der Waals surface area contributed by atoms with Crippen molar-refractivity contribution >= 4 is 5.91 Å². The van der Waals surface area contributed by atoms with E-state index in [4.69, 9.17) is 4.74 Å². The molecule has 0 spiro atoms. The number of ether oxygens (including phenoxy) is 1. The van der Waals surface area contributed by atoms with Gasteiger partial charge in [0.1, 0.15) is 0 Å². The minimum absolute atomic E-state index is 0.0769. The molecule has 2 atom stereocenters. The molecular weight excluding hydrogens is 407 g/mol. The van der Waals surface area contributed by atoms with Crippen LogP contribution in [0.15, 0.2) is 12.3 Å². The van der Waals surface area contributed by atoms with Crippen LogP contribution in [-0.2, 0) is 28.7 Å². The average Bonchev–Trinajstić information content (AvgIpc) is 3.14. The Labute approximate surface area is 181 Å². The van der Waals surface area contributed by atoms with Crippen LogP contribution >= 0.6 is 0 Å². The third-order valence-corrected chi connectivity index (χ3v) is 7.45. The van der Waals surface area contributed by atoms with Gasteiger partial charge in [-0.15, -0.1) is 0 Å². The van der Waals surface area contributed by atoms with Crippen LogP contribution < -0.4 is 5.32 Å². The number of pyridine rings is 1. The Bertz CT molecular complexity index is 838. The van der Waals surface area contributed by atoms with E-state index in [9.17, 15) is 18.0 Å². The number of halogens is 3. The summed E-state index contributed by atoms with van der Waals surface area (Å²) in [6.45, 7) is 9.49. The van der Waals surface area contributed by atoms with Gasteiger partial charge in [0.15, 0.2) is 0 Å². The van der Waals surface area contributed by atoms with Gasteiger partial charge in [0.2, 0.25) is 5.91 Å². The maximum atomic E-state index is 13.7. The summed E-state index contributed by atoms with van der Waals surface area (Å²) in [4.78, 5) is 19.5. The molecule has 31 heavy (non-hydrogen) atoms. The van der Waals surface area contributed by atoms with Crippen LogP contribution in [0.25, 0.3) is 0 Å². The molecule has 4 rings (SSSR count). The van der Waals surface area contributed by atoms with E-state index in [1.807, 2.05) is 0 Å². The predicted molar refractivity (Wildman–Crippen MR) is 110 cm³/mol. The van der Waals surface area contributed by atoms with Crippen molar-refractivity contribution in [2.24, 2.45) is 16.7 Å². The summed E-state index contributed by atoms with van der Waals surface area (Å²) in [6, 6.07) is 1.43. The van der Waals surface area contributed by atoms with Gasteiger partial charge < -0.3 is 15.0 Å². The first-order chi connectivity index (χ1) is 14.5. The van der Waals surface area contributed by atoms with Crippen LogP contribution in [0.3, 0.4) is 0 Å².